The van der Waals surface area contributed by atoms with Crippen molar-refractivity contribution in [2.45, 2.75) is 0 Å². The molecule has 0 saturated carbocycles. The Labute approximate surface area is 179 Å². The molecule has 2 aliphatic rings. The van der Waals surface area contributed by atoms with E-state index in [9.17, 15) is 9.59 Å². The van der Waals surface area contributed by atoms with Gasteiger partial charge in [0.1, 0.15) is 0 Å². The van der Waals surface area contributed by atoms with Crippen LogP contribution in [0.4, 0.5) is 11.4 Å². The molecule has 28 heavy (non-hydrogen) atoms. The molecule has 5 nitrogen and oxygen atoms in total. The summed E-state index contributed by atoms with van der Waals surface area (Å²) in [4.78, 5) is 31.9. The van der Waals surface area contributed by atoms with Gasteiger partial charge in [0.2, 0.25) is 0 Å². The third-order valence-electron chi connectivity index (χ3n) is 5.05. The molecule has 0 aliphatic carbocycles. The van der Waals surface area contributed by atoms with E-state index in [1.54, 1.807) is 16.8 Å². The minimum atomic E-state index is -0.139. The normalized spacial score (nSPS) is 17.9. The number of fused-ring (bicyclic) bond motifs is 2. The molecule has 0 spiro atoms. The second-order valence-electron chi connectivity index (χ2n) is 7.05. The van der Waals surface area contributed by atoms with Crippen molar-refractivity contribution in [1.82, 2.24) is 4.90 Å². The molecule has 0 fully saturated rings. The van der Waals surface area contributed by atoms with E-state index in [4.69, 9.17) is 0 Å². The van der Waals surface area contributed by atoms with Crippen LogP contribution in [0.15, 0.2) is 46.9 Å². The van der Waals surface area contributed by atoms with Gasteiger partial charge in [-0.3, -0.25) is 9.59 Å². The highest BCUT2D eigenvalue weighted by Gasteiger charge is 2.40. The van der Waals surface area contributed by atoms with Gasteiger partial charge in [0.15, 0.2) is 0 Å². The Bertz CT molecular complexity index is 1000. The molecular weight excluding hydrogens is 442 g/mol. The first-order valence-electron chi connectivity index (χ1n) is 8.78. The Balaban J connectivity index is 0.00000225. The van der Waals surface area contributed by atoms with Gasteiger partial charge in [-0.15, -0.1) is 12.4 Å². The van der Waals surface area contributed by atoms with Crippen molar-refractivity contribution in [3.8, 4) is 0 Å². The number of amides is 2. The summed E-state index contributed by atoms with van der Waals surface area (Å²) in [6.07, 6.45) is 0. The van der Waals surface area contributed by atoms with Gasteiger partial charge in [0.25, 0.3) is 11.8 Å². The second kappa shape index (κ2) is 7.70. The molecule has 2 heterocycles. The minimum Gasteiger partial charge on any atom is -0.311 e. The molecule has 0 radical (unpaired) electrons. The monoisotopic (exact) mass is 461 g/mol. The van der Waals surface area contributed by atoms with Crippen molar-refractivity contribution in [3.05, 3.63) is 58.1 Å². The van der Waals surface area contributed by atoms with E-state index in [-0.39, 0.29) is 24.2 Å². The standard InChI is InChI=1S/C21H20BrN3O2.ClH/c1-23(2)10-11-25-17-9-8-13(22)12-15(17)19(21(25)27)18-14-6-4-5-7-16(14)24(3)20(18)26;/h4-9,12H,10-11H2,1-3H3;1H/b19-18+;. The van der Waals surface area contributed by atoms with Crippen molar-refractivity contribution >= 4 is 62.7 Å². The summed E-state index contributed by atoms with van der Waals surface area (Å²) >= 11 is 3.51. The van der Waals surface area contributed by atoms with Crippen LogP contribution >= 0.6 is 28.3 Å². The Hall–Kier alpha value is -2.15. The van der Waals surface area contributed by atoms with E-state index in [1.165, 1.54) is 0 Å². The van der Waals surface area contributed by atoms with Gasteiger partial charge in [-0.1, -0.05) is 34.1 Å². The van der Waals surface area contributed by atoms with E-state index >= 15 is 0 Å². The number of carbonyl (C=O) groups excluding carboxylic acids is 2. The lowest BCUT2D eigenvalue weighted by Crippen LogP contribution is -2.34. The summed E-state index contributed by atoms with van der Waals surface area (Å²) in [5.41, 5.74) is 4.29. The van der Waals surface area contributed by atoms with Crippen molar-refractivity contribution in [2.75, 3.05) is 44.0 Å². The highest BCUT2D eigenvalue weighted by molar-refractivity contribution is 9.10. The van der Waals surface area contributed by atoms with Crippen LogP contribution in [0.5, 0.6) is 0 Å². The number of anilines is 2. The summed E-state index contributed by atoms with van der Waals surface area (Å²) in [7, 11) is 5.71. The first kappa shape index (κ1) is 20.6. The maximum atomic E-state index is 13.4. The summed E-state index contributed by atoms with van der Waals surface area (Å²) in [6, 6.07) is 13.4. The van der Waals surface area contributed by atoms with Crippen LogP contribution in [0, 0.1) is 0 Å². The smallest absolute Gasteiger partial charge is 0.259 e. The van der Waals surface area contributed by atoms with E-state index < -0.39 is 0 Å². The number of benzene rings is 2. The maximum Gasteiger partial charge on any atom is 0.259 e. The molecule has 7 heteroatoms. The van der Waals surface area contributed by atoms with Crippen molar-refractivity contribution in [3.63, 3.8) is 0 Å². The number of rotatable bonds is 3. The SMILES string of the molecule is CN(C)CCN1C(=O)/C(=C2/C(=O)N(C)c3ccccc32)c2cc(Br)ccc21.Cl. The van der Waals surface area contributed by atoms with E-state index in [0.29, 0.717) is 17.7 Å². The molecule has 2 aromatic carbocycles. The summed E-state index contributed by atoms with van der Waals surface area (Å²) in [5, 5.41) is 0. The minimum absolute atomic E-state index is 0. The van der Waals surface area contributed by atoms with Crippen LogP contribution in [0.3, 0.4) is 0 Å². The van der Waals surface area contributed by atoms with E-state index in [2.05, 4.69) is 15.9 Å². The molecule has 0 saturated heterocycles. The lowest BCUT2D eigenvalue weighted by molar-refractivity contribution is -0.114. The number of likely N-dealkylation sites (N-methyl/N-ethyl adjacent to an activating group) is 2. The Morgan fingerprint density at radius 3 is 2.32 bits per heavy atom. The van der Waals surface area contributed by atoms with Gasteiger partial charge < -0.3 is 14.7 Å². The van der Waals surface area contributed by atoms with E-state index in [1.807, 2.05) is 61.5 Å². The quantitative estimate of drug-likeness (QED) is 0.654. The number of carbonyl (C=O) groups is 2. The number of para-hydroxylation sites is 1. The first-order chi connectivity index (χ1) is 12.9. The Morgan fingerprint density at radius 1 is 0.929 bits per heavy atom. The van der Waals surface area contributed by atoms with Crippen LogP contribution in [0.25, 0.3) is 11.1 Å². The molecule has 2 aromatic rings. The average molecular weight is 463 g/mol. The number of hydrogen-bond acceptors (Lipinski definition) is 3. The van der Waals surface area contributed by atoms with Gasteiger partial charge in [-0.2, -0.15) is 0 Å². The largest absolute Gasteiger partial charge is 0.311 e. The zero-order valence-corrected chi connectivity index (χ0v) is 18.3. The molecule has 0 aromatic heterocycles. The summed E-state index contributed by atoms with van der Waals surface area (Å²) in [6.45, 7) is 1.32. The highest BCUT2D eigenvalue weighted by Crippen LogP contribution is 2.46. The maximum absolute atomic E-state index is 13.4. The third-order valence-corrected chi connectivity index (χ3v) is 5.55. The van der Waals surface area contributed by atoms with Gasteiger partial charge in [-0.05, 0) is 38.4 Å². The number of nitrogens with zero attached hydrogens (tertiary/aromatic N) is 3. The number of halogens is 2. The molecule has 146 valence electrons. The average Bonchev–Trinajstić information content (AvgIpc) is 3.04. The topological polar surface area (TPSA) is 43.9 Å². The first-order valence-corrected chi connectivity index (χ1v) is 9.57. The summed E-state index contributed by atoms with van der Waals surface area (Å²) < 4.78 is 0.883. The third kappa shape index (κ3) is 3.15. The predicted molar refractivity (Wildman–Crippen MR) is 119 cm³/mol. The lowest BCUT2D eigenvalue weighted by atomic mass is 9.96. The molecule has 2 aliphatic heterocycles. The second-order valence-corrected chi connectivity index (χ2v) is 7.97. The van der Waals surface area contributed by atoms with Crippen molar-refractivity contribution in [2.24, 2.45) is 0 Å². The zero-order valence-electron chi connectivity index (χ0n) is 15.9. The fourth-order valence-electron chi connectivity index (χ4n) is 3.68. The van der Waals surface area contributed by atoms with Gasteiger partial charge in [0, 0.05) is 35.7 Å². The summed E-state index contributed by atoms with van der Waals surface area (Å²) in [5.74, 6) is -0.252. The van der Waals surface area contributed by atoms with E-state index in [0.717, 1.165) is 33.5 Å². The van der Waals surface area contributed by atoms with Crippen LogP contribution in [0.1, 0.15) is 11.1 Å². The Morgan fingerprint density at radius 2 is 1.61 bits per heavy atom. The highest BCUT2D eigenvalue weighted by atomic mass is 79.9. The lowest BCUT2D eigenvalue weighted by Gasteiger charge is -2.19. The molecule has 0 bridgehead atoms. The predicted octanol–water partition coefficient (Wildman–Crippen LogP) is 3.67. The van der Waals surface area contributed by atoms with Gasteiger partial charge >= 0.3 is 0 Å². The van der Waals surface area contributed by atoms with Crippen LogP contribution in [-0.4, -0.2) is 50.9 Å². The zero-order chi connectivity index (χ0) is 19.3. The van der Waals surface area contributed by atoms with Crippen LogP contribution in [0.2, 0.25) is 0 Å². The molecule has 0 N–H and O–H groups in total. The fraction of sp³-hybridized carbons (Fsp3) is 0.238. The fourth-order valence-corrected chi connectivity index (χ4v) is 4.04. The van der Waals surface area contributed by atoms with Gasteiger partial charge in [0.05, 0.1) is 22.5 Å². The van der Waals surface area contributed by atoms with Crippen molar-refractivity contribution < 1.29 is 9.59 Å². The molecule has 0 atom stereocenters. The number of hydrogen-bond donors (Lipinski definition) is 0. The molecular formula is C21H21BrClN3O2. The van der Waals surface area contributed by atoms with Crippen molar-refractivity contribution in [1.29, 1.82) is 0 Å². The van der Waals surface area contributed by atoms with Crippen LogP contribution in [-0.2, 0) is 9.59 Å². The Kier molecular flexibility index (Phi) is 5.66. The molecule has 2 amide bonds. The molecule has 0 unspecified atom stereocenters. The van der Waals surface area contributed by atoms with Crippen LogP contribution < -0.4 is 9.80 Å². The van der Waals surface area contributed by atoms with Gasteiger partial charge in [-0.25, -0.2) is 0 Å². The molecule has 4 rings (SSSR count).